The quantitative estimate of drug-likeness (QED) is 0.781. The van der Waals surface area contributed by atoms with E-state index < -0.39 is 0 Å². The van der Waals surface area contributed by atoms with Crippen LogP contribution < -0.4 is 0 Å². The molecule has 3 heteroatoms. The fraction of sp³-hybridized carbons (Fsp3) is 0. The second kappa shape index (κ2) is 3.97. The van der Waals surface area contributed by atoms with Gasteiger partial charge in [-0.1, -0.05) is 40.3 Å². The van der Waals surface area contributed by atoms with Crippen LogP contribution >= 0.6 is 34.2 Å². The number of benzene rings is 1. The Morgan fingerprint density at radius 2 is 2.18 bits per heavy atom. The van der Waals surface area contributed by atoms with Crippen LogP contribution in [-0.2, 0) is 0 Å². The highest BCUT2D eigenvalue weighted by atomic mass is 127. The van der Waals surface area contributed by atoms with Crippen LogP contribution in [0.25, 0.3) is 6.08 Å². The summed E-state index contributed by atoms with van der Waals surface area (Å²) in [5.74, 6) is 0.213. The molecule has 0 heterocycles. The van der Waals surface area contributed by atoms with Gasteiger partial charge >= 0.3 is 0 Å². The fourth-order valence-electron chi connectivity index (χ4n) is 0.754. The summed E-state index contributed by atoms with van der Waals surface area (Å²) in [5.41, 5.74) is 0.670. The second-order valence-electron chi connectivity index (χ2n) is 1.97. The summed E-state index contributed by atoms with van der Waals surface area (Å²) in [6, 6.07) is 5.06. The van der Waals surface area contributed by atoms with E-state index in [2.05, 4.69) is 22.6 Å². The highest BCUT2D eigenvalue weighted by Crippen LogP contribution is 2.26. The minimum absolute atomic E-state index is 0.213. The van der Waals surface area contributed by atoms with Crippen LogP contribution in [0, 0.1) is 0 Å². The lowest BCUT2D eigenvalue weighted by Gasteiger charge is -1.99. The first-order valence-electron chi connectivity index (χ1n) is 3.00. The third-order valence-corrected chi connectivity index (χ3v) is 1.95. The summed E-state index contributed by atoms with van der Waals surface area (Å²) in [6.07, 6.45) is 1.76. The predicted octanol–water partition coefficient (Wildman–Crippen LogP) is 3.45. The second-order valence-corrected chi connectivity index (χ2v) is 3.09. The van der Waals surface area contributed by atoms with Gasteiger partial charge in [-0.2, -0.15) is 0 Å². The Morgan fingerprint density at radius 1 is 1.45 bits per heavy atom. The maximum atomic E-state index is 9.28. The molecule has 0 aliphatic carbocycles. The van der Waals surface area contributed by atoms with Gasteiger partial charge in [-0.3, -0.25) is 0 Å². The predicted molar refractivity (Wildman–Crippen MR) is 56.2 cm³/mol. The summed E-state index contributed by atoms with van der Waals surface area (Å²) < 4.78 is 1.80. The Hall–Kier alpha value is -0.220. The van der Waals surface area contributed by atoms with Gasteiger partial charge in [0, 0.05) is 5.56 Å². The number of aromatic hydroxyl groups is 1. The lowest BCUT2D eigenvalue weighted by Crippen LogP contribution is -1.74. The van der Waals surface area contributed by atoms with Crippen LogP contribution in [0.15, 0.2) is 22.3 Å². The van der Waals surface area contributed by atoms with Crippen LogP contribution in [0.1, 0.15) is 5.56 Å². The molecule has 1 aromatic rings. The number of hydrogen-bond donors (Lipinski definition) is 1. The van der Waals surface area contributed by atoms with E-state index in [-0.39, 0.29) is 5.75 Å². The fourth-order valence-corrected chi connectivity index (χ4v) is 1.35. The number of phenols is 1. The van der Waals surface area contributed by atoms with Gasteiger partial charge in [-0.25, -0.2) is 0 Å². The molecule has 0 saturated heterocycles. The van der Waals surface area contributed by atoms with Crippen LogP contribution in [0.2, 0.25) is 5.02 Å². The number of halogens is 2. The average molecular weight is 280 g/mol. The van der Waals surface area contributed by atoms with Crippen molar-refractivity contribution in [2.45, 2.75) is 0 Å². The van der Waals surface area contributed by atoms with Crippen LogP contribution in [0.3, 0.4) is 0 Å². The van der Waals surface area contributed by atoms with Crippen molar-refractivity contribution in [3.63, 3.8) is 0 Å². The number of hydrogen-bond acceptors (Lipinski definition) is 1. The Labute approximate surface area is 83.8 Å². The molecule has 0 spiro atoms. The maximum Gasteiger partial charge on any atom is 0.124 e. The van der Waals surface area contributed by atoms with Gasteiger partial charge in [-0.15, -0.1) is 0 Å². The first-order valence-corrected chi connectivity index (χ1v) is 4.62. The Morgan fingerprint density at radius 3 is 2.73 bits per heavy atom. The molecule has 1 nitrogen and oxygen atoms in total. The minimum Gasteiger partial charge on any atom is -0.507 e. The highest BCUT2D eigenvalue weighted by molar-refractivity contribution is 14.1. The summed E-state index contributed by atoms with van der Waals surface area (Å²) in [7, 11) is 0. The molecule has 1 aromatic carbocycles. The molecular weight excluding hydrogens is 274 g/mol. The molecular formula is C8H6ClIO. The van der Waals surface area contributed by atoms with E-state index in [9.17, 15) is 5.11 Å². The monoisotopic (exact) mass is 280 g/mol. The van der Waals surface area contributed by atoms with E-state index in [1.807, 2.05) is 0 Å². The molecule has 0 saturated carbocycles. The SMILES string of the molecule is Oc1cccc(Cl)c1/C=C/I. The maximum absolute atomic E-state index is 9.28. The molecule has 0 atom stereocenters. The molecule has 0 aliphatic heterocycles. The van der Waals surface area contributed by atoms with Gasteiger partial charge in [0.2, 0.25) is 0 Å². The Bertz CT molecular complexity index is 263. The third kappa shape index (κ3) is 2.10. The van der Waals surface area contributed by atoms with Crippen LogP contribution in [-0.4, -0.2) is 5.11 Å². The van der Waals surface area contributed by atoms with Crippen LogP contribution in [0.4, 0.5) is 0 Å². The van der Waals surface area contributed by atoms with Crippen molar-refractivity contribution in [3.8, 4) is 5.75 Å². The van der Waals surface area contributed by atoms with Crippen LogP contribution in [0.5, 0.6) is 5.75 Å². The molecule has 1 N–H and O–H groups in total. The molecule has 0 radical (unpaired) electrons. The topological polar surface area (TPSA) is 20.2 Å². The van der Waals surface area contributed by atoms with E-state index >= 15 is 0 Å². The largest absolute Gasteiger partial charge is 0.507 e. The van der Waals surface area contributed by atoms with Gasteiger partial charge in [0.25, 0.3) is 0 Å². The highest BCUT2D eigenvalue weighted by Gasteiger charge is 2.00. The summed E-state index contributed by atoms with van der Waals surface area (Å²) in [4.78, 5) is 0. The average Bonchev–Trinajstić information content (AvgIpc) is 1.97. The number of rotatable bonds is 1. The first-order chi connectivity index (χ1) is 5.25. The van der Waals surface area contributed by atoms with Crippen molar-refractivity contribution in [1.82, 2.24) is 0 Å². The standard InChI is InChI=1S/C8H6ClIO/c9-7-2-1-3-8(11)6(7)4-5-10/h1-5,11H/b5-4+. The van der Waals surface area contributed by atoms with Gasteiger partial charge in [0.05, 0.1) is 5.02 Å². The molecule has 0 bridgehead atoms. The smallest absolute Gasteiger partial charge is 0.124 e. The molecule has 0 amide bonds. The van der Waals surface area contributed by atoms with Crippen molar-refractivity contribution in [2.24, 2.45) is 0 Å². The zero-order chi connectivity index (χ0) is 8.27. The minimum atomic E-state index is 0.213. The summed E-state index contributed by atoms with van der Waals surface area (Å²) in [5, 5.41) is 9.85. The van der Waals surface area contributed by atoms with Gasteiger partial charge in [0.1, 0.15) is 5.75 Å². The molecule has 58 valence electrons. The Kier molecular flexibility index (Phi) is 3.20. The zero-order valence-electron chi connectivity index (χ0n) is 5.59. The van der Waals surface area contributed by atoms with E-state index in [1.165, 1.54) is 0 Å². The first kappa shape index (κ1) is 8.87. The molecule has 0 aromatic heterocycles. The van der Waals surface area contributed by atoms with E-state index in [0.29, 0.717) is 10.6 Å². The van der Waals surface area contributed by atoms with Gasteiger partial charge < -0.3 is 5.11 Å². The third-order valence-electron chi connectivity index (χ3n) is 1.26. The molecule has 11 heavy (non-hydrogen) atoms. The van der Waals surface area contributed by atoms with Crippen molar-refractivity contribution in [2.75, 3.05) is 0 Å². The lowest BCUT2D eigenvalue weighted by atomic mass is 10.2. The van der Waals surface area contributed by atoms with Crippen molar-refractivity contribution in [1.29, 1.82) is 0 Å². The molecule has 0 fully saturated rings. The summed E-state index contributed by atoms with van der Waals surface area (Å²) >= 11 is 7.87. The molecule has 0 aliphatic rings. The van der Waals surface area contributed by atoms with Crippen molar-refractivity contribution in [3.05, 3.63) is 32.9 Å². The van der Waals surface area contributed by atoms with Gasteiger partial charge in [0.15, 0.2) is 0 Å². The van der Waals surface area contributed by atoms with E-state index in [0.717, 1.165) is 0 Å². The Balaban J connectivity index is 3.20. The molecule has 0 unspecified atom stereocenters. The lowest BCUT2D eigenvalue weighted by molar-refractivity contribution is 0.474. The molecule has 1 rings (SSSR count). The van der Waals surface area contributed by atoms with E-state index in [4.69, 9.17) is 11.6 Å². The normalized spacial score (nSPS) is 10.7. The van der Waals surface area contributed by atoms with Crippen molar-refractivity contribution < 1.29 is 5.11 Å². The van der Waals surface area contributed by atoms with Crippen molar-refractivity contribution >= 4 is 40.3 Å². The zero-order valence-corrected chi connectivity index (χ0v) is 8.50. The number of phenolic OH excluding ortho intramolecular Hbond substituents is 1. The van der Waals surface area contributed by atoms with E-state index in [1.54, 1.807) is 28.4 Å². The summed E-state index contributed by atoms with van der Waals surface area (Å²) in [6.45, 7) is 0. The van der Waals surface area contributed by atoms with Gasteiger partial charge in [-0.05, 0) is 22.3 Å².